The summed E-state index contributed by atoms with van der Waals surface area (Å²) < 4.78 is 15.2. The van der Waals surface area contributed by atoms with Crippen LogP contribution in [-0.4, -0.2) is 38.7 Å². The van der Waals surface area contributed by atoms with Crippen LogP contribution < -0.4 is 14.8 Å². The molecule has 0 spiro atoms. The number of hydrogen-bond donors (Lipinski definition) is 1. The first-order valence-electron chi connectivity index (χ1n) is 7.73. The maximum atomic E-state index is 11.7. The molecule has 24 heavy (non-hydrogen) atoms. The molecule has 0 aliphatic carbocycles. The molecule has 1 aromatic rings. The number of nitrogens with one attached hydrogen (secondary N) is 1. The minimum absolute atomic E-state index is 0.0264. The Balaban J connectivity index is 2.53. The van der Waals surface area contributed by atoms with E-state index >= 15 is 0 Å². The van der Waals surface area contributed by atoms with E-state index in [1.807, 2.05) is 20.8 Å². The molecule has 1 unspecified atom stereocenters. The van der Waals surface area contributed by atoms with E-state index in [2.05, 4.69) is 5.32 Å². The van der Waals surface area contributed by atoms with Crippen molar-refractivity contribution in [1.82, 2.24) is 5.32 Å². The first kappa shape index (κ1) is 19.5. The highest BCUT2D eigenvalue weighted by molar-refractivity contribution is 5.89. The number of ether oxygens (including phenoxy) is 3. The molecule has 0 bridgehead atoms. The highest BCUT2D eigenvalue weighted by Crippen LogP contribution is 2.27. The van der Waals surface area contributed by atoms with Gasteiger partial charge in [-0.3, -0.25) is 4.79 Å². The molecule has 1 N–H and O–H groups in total. The van der Waals surface area contributed by atoms with Crippen LogP contribution in [-0.2, 0) is 14.3 Å². The summed E-state index contributed by atoms with van der Waals surface area (Å²) in [5.41, 5.74) is 0.752. The molecule has 132 valence electrons. The van der Waals surface area contributed by atoms with Crippen LogP contribution >= 0.6 is 0 Å². The number of hydrogen-bond acceptors (Lipinski definition) is 5. The number of esters is 1. The van der Waals surface area contributed by atoms with Gasteiger partial charge in [-0.25, -0.2) is 4.79 Å². The van der Waals surface area contributed by atoms with E-state index in [0.717, 1.165) is 5.56 Å². The second-order valence-electron chi connectivity index (χ2n) is 5.66. The second kappa shape index (κ2) is 9.60. The van der Waals surface area contributed by atoms with Crippen LogP contribution in [0.15, 0.2) is 24.3 Å². The van der Waals surface area contributed by atoms with Crippen LogP contribution in [0.2, 0.25) is 0 Å². The highest BCUT2D eigenvalue weighted by atomic mass is 16.5. The van der Waals surface area contributed by atoms with Gasteiger partial charge in [-0.05, 0) is 36.6 Å². The molecule has 0 saturated heterocycles. The van der Waals surface area contributed by atoms with Crippen LogP contribution in [0.25, 0.3) is 6.08 Å². The molecule has 0 heterocycles. The average molecular weight is 335 g/mol. The zero-order valence-corrected chi connectivity index (χ0v) is 14.8. The topological polar surface area (TPSA) is 73.9 Å². The van der Waals surface area contributed by atoms with E-state index in [9.17, 15) is 9.59 Å². The van der Waals surface area contributed by atoms with Crippen LogP contribution in [0.3, 0.4) is 0 Å². The Labute approximate surface area is 142 Å². The fraction of sp³-hybridized carbons (Fsp3) is 0.444. The molecule has 1 rings (SSSR count). The van der Waals surface area contributed by atoms with Crippen LogP contribution in [0.4, 0.5) is 0 Å². The van der Waals surface area contributed by atoms with Crippen molar-refractivity contribution >= 4 is 18.0 Å². The summed E-state index contributed by atoms with van der Waals surface area (Å²) in [6, 6.07) is 5.28. The fourth-order valence-electron chi connectivity index (χ4n) is 1.77. The Morgan fingerprint density at radius 2 is 1.79 bits per heavy atom. The Morgan fingerprint density at radius 1 is 1.12 bits per heavy atom. The minimum atomic E-state index is -0.586. The number of amides is 1. The molecule has 0 fully saturated rings. The highest BCUT2D eigenvalue weighted by Gasteiger charge is 2.11. The first-order chi connectivity index (χ1) is 11.4. The summed E-state index contributed by atoms with van der Waals surface area (Å²) in [4.78, 5) is 23.3. The largest absolute Gasteiger partial charge is 0.493 e. The van der Waals surface area contributed by atoms with Crippen molar-refractivity contribution in [2.75, 3.05) is 20.8 Å². The van der Waals surface area contributed by atoms with Crippen LogP contribution in [0.1, 0.15) is 26.3 Å². The third-order valence-electron chi connectivity index (χ3n) is 3.55. The van der Waals surface area contributed by atoms with Gasteiger partial charge in [-0.1, -0.05) is 19.9 Å². The molecule has 6 heteroatoms. The summed E-state index contributed by atoms with van der Waals surface area (Å²) in [5, 5.41) is 2.77. The van der Waals surface area contributed by atoms with Gasteiger partial charge in [0, 0.05) is 12.1 Å². The smallest absolute Gasteiger partial charge is 0.331 e. The molecule has 1 aromatic carbocycles. The van der Waals surface area contributed by atoms with Gasteiger partial charge in [0.2, 0.25) is 0 Å². The first-order valence-corrected chi connectivity index (χ1v) is 7.73. The third-order valence-corrected chi connectivity index (χ3v) is 3.55. The van der Waals surface area contributed by atoms with Crippen molar-refractivity contribution in [1.29, 1.82) is 0 Å². The zero-order chi connectivity index (χ0) is 18.1. The predicted molar refractivity (Wildman–Crippen MR) is 92.0 cm³/mol. The molecule has 0 radical (unpaired) electrons. The summed E-state index contributed by atoms with van der Waals surface area (Å²) in [7, 11) is 3.09. The summed E-state index contributed by atoms with van der Waals surface area (Å²) in [6.07, 6.45) is 2.85. The molecule has 0 saturated carbocycles. The van der Waals surface area contributed by atoms with Crippen LogP contribution in [0, 0.1) is 5.92 Å². The maximum absolute atomic E-state index is 11.7. The van der Waals surface area contributed by atoms with Crippen LogP contribution in [0.5, 0.6) is 11.5 Å². The lowest BCUT2D eigenvalue weighted by molar-refractivity contribution is -0.144. The van der Waals surface area contributed by atoms with Crippen molar-refractivity contribution in [3.8, 4) is 11.5 Å². The minimum Gasteiger partial charge on any atom is -0.493 e. The molecular formula is C18H25NO5. The summed E-state index contributed by atoms with van der Waals surface area (Å²) in [6.45, 7) is 5.61. The predicted octanol–water partition coefficient (Wildman–Crippen LogP) is 2.42. The van der Waals surface area contributed by atoms with E-state index in [4.69, 9.17) is 14.2 Å². The molecule has 6 nitrogen and oxygen atoms in total. The quantitative estimate of drug-likeness (QED) is 0.583. The number of rotatable bonds is 8. The number of methoxy groups -OCH3 is 2. The molecule has 0 aliphatic rings. The Kier molecular flexibility index (Phi) is 7.82. The van der Waals surface area contributed by atoms with Crippen molar-refractivity contribution in [3.05, 3.63) is 29.8 Å². The molecular weight excluding hydrogens is 310 g/mol. The van der Waals surface area contributed by atoms with Gasteiger partial charge in [0.15, 0.2) is 18.1 Å². The molecule has 1 amide bonds. The fourth-order valence-corrected chi connectivity index (χ4v) is 1.77. The van der Waals surface area contributed by atoms with E-state index in [0.29, 0.717) is 17.4 Å². The van der Waals surface area contributed by atoms with E-state index in [1.54, 1.807) is 31.4 Å². The van der Waals surface area contributed by atoms with Gasteiger partial charge in [0.25, 0.3) is 5.91 Å². The Hall–Kier alpha value is -2.50. The van der Waals surface area contributed by atoms with Gasteiger partial charge in [-0.2, -0.15) is 0 Å². The lowest BCUT2D eigenvalue weighted by Crippen LogP contribution is -2.38. The standard InChI is InChI=1S/C18H25NO5/c1-12(2)13(3)19-17(20)11-24-18(21)9-7-14-6-8-15(22-4)16(10-14)23-5/h6-10,12-13H,11H2,1-5H3,(H,19,20)/b9-7+. The van der Waals surface area contributed by atoms with E-state index in [-0.39, 0.29) is 18.6 Å². The van der Waals surface area contributed by atoms with Gasteiger partial charge >= 0.3 is 5.97 Å². The Bertz CT molecular complexity index is 595. The van der Waals surface area contributed by atoms with E-state index < -0.39 is 5.97 Å². The van der Waals surface area contributed by atoms with Gasteiger partial charge in [0.05, 0.1) is 14.2 Å². The second-order valence-corrected chi connectivity index (χ2v) is 5.66. The Morgan fingerprint density at radius 3 is 2.38 bits per heavy atom. The van der Waals surface area contributed by atoms with Crippen molar-refractivity contribution in [2.24, 2.45) is 5.92 Å². The van der Waals surface area contributed by atoms with Crippen molar-refractivity contribution in [3.63, 3.8) is 0 Å². The number of benzene rings is 1. The normalized spacial score (nSPS) is 12.1. The van der Waals surface area contributed by atoms with Crippen molar-refractivity contribution < 1.29 is 23.8 Å². The lowest BCUT2D eigenvalue weighted by Gasteiger charge is -2.16. The number of carbonyl (C=O) groups excluding carboxylic acids is 2. The SMILES string of the molecule is COc1ccc(/C=C/C(=O)OCC(=O)NC(C)C(C)C)cc1OC. The lowest BCUT2D eigenvalue weighted by atomic mass is 10.1. The summed E-state index contributed by atoms with van der Waals surface area (Å²) >= 11 is 0. The van der Waals surface area contributed by atoms with Gasteiger partial charge in [0.1, 0.15) is 0 Å². The van der Waals surface area contributed by atoms with Gasteiger partial charge < -0.3 is 19.5 Å². The zero-order valence-electron chi connectivity index (χ0n) is 14.8. The maximum Gasteiger partial charge on any atom is 0.331 e. The molecule has 1 atom stereocenters. The average Bonchev–Trinajstić information content (AvgIpc) is 2.57. The molecule has 0 aromatic heterocycles. The summed E-state index contributed by atoms with van der Waals surface area (Å²) in [5.74, 6) is 0.582. The van der Waals surface area contributed by atoms with Gasteiger partial charge in [-0.15, -0.1) is 0 Å². The van der Waals surface area contributed by atoms with Crippen molar-refractivity contribution in [2.45, 2.75) is 26.8 Å². The molecule has 0 aliphatic heterocycles. The monoisotopic (exact) mass is 335 g/mol. The number of carbonyl (C=O) groups is 2. The third kappa shape index (κ3) is 6.32. The van der Waals surface area contributed by atoms with E-state index in [1.165, 1.54) is 13.2 Å².